The summed E-state index contributed by atoms with van der Waals surface area (Å²) < 4.78 is 4.64. The first-order chi connectivity index (χ1) is 9.45. The lowest BCUT2D eigenvalue weighted by Crippen LogP contribution is -1.90. The molecule has 0 aliphatic heterocycles. The predicted molar refractivity (Wildman–Crippen MR) is 82.1 cm³/mol. The summed E-state index contributed by atoms with van der Waals surface area (Å²) in [4.78, 5) is 21.4. The fourth-order valence-corrected chi connectivity index (χ4v) is 1.45. The molecular formula is C17H24O3. The minimum Gasteiger partial charge on any atom is -0.435 e. The lowest BCUT2D eigenvalue weighted by atomic mass is 10.1. The van der Waals surface area contributed by atoms with Crippen LogP contribution in [-0.2, 0) is 14.3 Å². The average molecular weight is 276 g/mol. The zero-order valence-electron chi connectivity index (χ0n) is 12.8. The number of allylic oxidation sites excluding steroid dienone is 7. The Hall–Kier alpha value is -1.90. The maximum atomic E-state index is 10.8. The largest absolute Gasteiger partial charge is 0.435 e. The minimum atomic E-state index is -0.401. The highest BCUT2D eigenvalue weighted by Crippen LogP contribution is 2.08. The fraction of sp³-hybridized carbons (Fsp3) is 0.412. The van der Waals surface area contributed by atoms with Gasteiger partial charge in [-0.1, -0.05) is 29.4 Å². The zero-order valence-corrected chi connectivity index (χ0v) is 12.8. The number of carbonyl (C=O) groups excluding carboxylic acids is 2. The summed E-state index contributed by atoms with van der Waals surface area (Å²) in [6.45, 7) is 7.58. The van der Waals surface area contributed by atoms with Crippen molar-refractivity contribution in [1.82, 2.24) is 0 Å². The Labute approximate surface area is 121 Å². The van der Waals surface area contributed by atoms with Crippen molar-refractivity contribution >= 4 is 12.3 Å². The standard InChI is InChI=1S/C17H24O3/c1-14(2)7-5-8-15(3)9-6-10-17(13-18)11-12-20-16(4)19/h7,9-13H,5-6,8H2,1-4H3/b12-11+,15-9+,17-10+. The Morgan fingerprint density at radius 1 is 1.05 bits per heavy atom. The predicted octanol–water partition coefficient (Wildman–Crippen LogP) is 4.27. The van der Waals surface area contributed by atoms with Gasteiger partial charge in [-0.15, -0.1) is 0 Å². The highest BCUT2D eigenvalue weighted by atomic mass is 16.5. The molecule has 0 unspecified atom stereocenters. The molecule has 0 N–H and O–H groups in total. The van der Waals surface area contributed by atoms with Gasteiger partial charge in [0.2, 0.25) is 0 Å². The molecule has 3 heteroatoms. The first kappa shape index (κ1) is 18.1. The number of rotatable bonds is 8. The number of hydrogen-bond donors (Lipinski definition) is 0. The van der Waals surface area contributed by atoms with Gasteiger partial charge in [0.1, 0.15) is 6.29 Å². The molecule has 0 atom stereocenters. The SMILES string of the molecule is CC(=O)O/C=C/C(C=O)=C\C/C=C(\C)CCC=C(C)C. The first-order valence-electron chi connectivity index (χ1n) is 6.73. The van der Waals surface area contributed by atoms with Gasteiger partial charge < -0.3 is 4.74 Å². The summed E-state index contributed by atoms with van der Waals surface area (Å²) in [6, 6.07) is 0. The van der Waals surface area contributed by atoms with Crippen molar-refractivity contribution in [2.45, 2.75) is 47.0 Å². The molecule has 110 valence electrons. The summed E-state index contributed by atoms with van der Waals surface area (Å²) >= 11 is 0. The van der Waals surface area contributed by atoms with Crippen LogP contribution in [0.1, 0.15) is 47.0 Å². The maximum Gasteiger partial charge on any atom is 0.307 e. The summed E-state index contributed by atoms with van der Waals surface area (Å²) in [7, 11) is 0. The summed E-state index contributed by atoms with van der Waals surface area (Å²) in [5.41, 5.74) is 3.13. The molecule has 0 heterocycles. The number of aldehydes is 1. The van der Waals surface area contributed by atoms with E-state index in [0.717, 1.165) is 19.1 Å². The molecule has 0 saturated heterocycles. The Morgan fingerprint density at radius 2 is 1.75 bits per heavy atom. The molecule has 0 aromatic rings. The summed E-state index contributed by atoms with van der Waals surface area (Å²) in [5, 5.41) is 0. The van der Waals surface area contributed by atoms with Crippen molar-refractivity contribution < 1.29 is 14.3 Å². The van der Waals surface area contributed by atoms with Crippen molar-refractivity contribution in [2.24, 2.45) is 0 Å². The van der Waals surface area contributed by atoms with E-state index < -0.39 is 5.97 Å². The van der Waals surface area contributed by atoms with Crippen LogP contribution in [0.15, 0.2) is 47.3 Å². The monoisotopic (exact) mass is 276 g/mol. The molecule has 0 fully saturated rings. The van der Waals surface area contributed by atoms with Crippen LogP contribution in [0.2, 0.25) is 0 Å². The van der Waals surface area contributed by atoms with Crippen LogP contribution >= 0.6 is 0 Å². The smallest absolute Gasteiger partial charge is 0.307 e. The number of carbonyl (C=O) groups is 2. The molecule has 0 aromatic heterocycles. The molecule has 0 radical (unpaired) electrons. The Kier molecular flexibility index (Phi) is 9.93. The highest BCUT2D eigenvalue weighted by Gasteiger charge is 1.91. The van der Waals surface area contributed by atoms with E-state index in [9.17, 15) is 9.59 Å². The van der Waals surface area contributed by atoms with E-state index in [1.807, 2.05) is 0 Å². The molecule has 0 rings (SSSR count). The van der Waals surface area contributed by atoms with Crippen LogP contribution in [0.3, 0.4) is 0 Å². The fourth-order valence-electron chi connectivity index (χ4n) is 1.45. The molecule has 0 aliphatic carbocycles. The van der Waals surface area contributed by atoms with E-state index in [-0.39, 0.29) is 0 Å². The van der Waals surface area contributed by atoms with E-state index in [2.05, 4.69) is 37.7 Å². The first-order valence-corrected chi connectivity index (χ1v) is 6.73. The van der Waals surface area contributed by atoms with Crippen LogP contribution in [-0.4, -0.2) is 12.3 Å². The van der Waals surface area contributed by atoms with Crippen LogP contribution < -0.4 is 0 Å². The molecule has 3 nitrogen and oxygen atoms in total. The van der Waals surface area contributed by atoms with Gasteiger partial charge in [0.15, 0.2) is 0 Å². The number of ether oxygens (including phenoxy) is 1. The van der Waals surface area contributed by atoms with Crippen LogP contribution in [0.25, 0.3) is 0 Å². The van der Waals surface area contributed by atoms with Crippen molar-refractivity contribution in [2.75, 3.05) is 0 Å². The molecule has 0 aromatic carbocycles. The lowest BCUT2D eigenvalue weighted by molar-refractivity contribution is -0.135. The third-order valence-electron chi connectivity index (χ3n) is 2.54. The topological polar surface area (TPSA) is 43.4 Å². The summed E-state index contributed by atoms with van der Waals surface area (Å²) in [6.07, 6.45) is 12.3. The van der Waals surface area contributed by atoms with Crippen LogP contribution in [0, 0.1) is 0 Å². The molecule has 0 bridgehead atoms. The molecule has 20 heavy (non-hydrogen) atoms. The van der Waals surface area contributed by atoms with Gasteiger partial charge >= 0.3 is 5.97 Å². The second kappa shape index (κ2) is 11.0. The third-order valence-corrected chi connectivity index (χ3v) is 2.54. The average Bonchev–Trinajstić information content (AvgIpc) is 2.36. The van der Waals surface area contributed by atoms with E-state index in [0.29, 0.717) is 12.0 Å². The van der Waals surface area contributed by atoms with Gasteiger partial charge in [-0.3, -0.25) is 9.59 Å². The third kappa shape index (κ3) is 11.2. The van der Waals surface area contributed by atoms with Gasteiger partial charge in [0, 0.05) is 12.5 Å². The van der Waals surface area contributed by atoms with Crippen LogP contribution in [0.5, 0.6) is 0 Å². The van der Waals surface area contributed by atoms with Crippen molar-refractivity contribution in [3.05, 3.63) is 47.3 Å². The number of esters is 1. The van der Waals surface area contributed by atoms with E-state index in [1.54, 1.807) is 6.08 Å². The highest BCUT2D eigenvalue weighted by molar-refractivity contribution is 5.77. The molecular weight excluding hydrogens is 252 g/mol. The zero-order chi connectivity index (χ0) is 15.4. The van der Waals surface area contributed by atoms with Crippen molar-refractivity contribution in [3.8, 4) is 0 Å². The van der Waals surface area contributed by atoms with E-state index >= 15 is 0 Å². The maximum absolute atomic E-state index is 10.8. The second-order valence-corrected chi connectivity index (χ2v) is 4.84. The Morgan fingerprint density at radius 3 is 2.30 bits per heavy atom. The van der Waals surface area contributed by atoms with E-state index in [4.69, 9.17) is 0 Å². The normalized spacial score (nSPS) is 12.4. The number of hydrogen-bond acceptors (Lipinski definition) is 3. The van der Waals surface area contributed by atoms with Crippen molar-refractivity contribution in [3.63, 3.8) is 0 Å². The molecule has 0 aliphatic rings. The summed E-state index contributed by atoms with van der Waals surface area (Å²) in [5.74, 6) is -0.401. The van der Waals surface area contributed by atoms with E-state index in [1.165, 1.54) is 30.4 Å². The quantitative estimate of drug-likeness (QED) is 0.166. The lowest BCUT2D eigenvalue weighted by Gasteiger charge is -1.98. The minimum absolute atomic E-state index is 0.401. The molecule has 0 saturated carbocycles. The van der Waals surface area contributed by atoms with Gasteiger partial charge in [0.05, 0.1) is 6.26 Å². The Balaban J connectivity index is 4.29. The van der Waals surface area contributed by atoms with Gasteiger partial charge in [-0.25, -0.2) is 0 Å². The Bertz CT molecular complexity index is 433. The van der Waals surface area contributed by atoms with Gasteiger partial charge in [0.25, 0.3) is 0 Å². The van der Waals surface area contributed by atoms with Crippen LogP contribution in [0.4, 0.5) is 0 Å². The molecule has 0 spiro atoms. The van der Waals surface area contributed by atoms with Gasteiger partial charge in [-0.2, -0.15) is 0 Å². The van der Waals surface area contributed by atoms with Gasteiger partial charge in [-0.05, 0) is 46.1 Å². The van der Waals surface area contributed by atoms with Crippen molar-refractivity contribution in [1.29, 1.82) is 0 Å². The molecule has 0 amide bonds. The second-order valence-electron chi connectivity index (χ2n) is 4.84.